The fourth-order valence-electron chi connectivity index (χ4n) is 6.33. The Balaban J connectivity index is 1.26. The van der Waals surface area contributed by atoms with E-state index < -0.39 is 17.6 Å². The van der Waals surface area contributed by atoms with Crippen LogP contribution in [0.3, 0.4) is 0 Å². The van der Waals surface area contributed by atoms with E-state index in [4.69, 9.17) is 15.5 Å². The molecule has 2 saturated heterocycles. The number of piperidine rings is 1. The lowest BCUT2D eigenvalue weighted by Crippen LogP contribution is -2.41. The van der Waals surface area contributed by atoms with Crippen LogP contribution >= 0.6 is 0 Å². The molecule has 2 amide bonds. The second-order valence-corrected chi connectivity index (χ2v) is 11.6. The largest absolute Gasteiger partial charge is 0.490 e. The first kappa shape index (κ1) is 28.1. The third-order valence-electron chi connectivity index (χ3n) is 8.87. The Hall–Kier alpha value is -4.68. The highest BCUT2D eigenvalue weighted by Gasteiger charge is 2.38. The highest BCUT2D eigenvalue weighted by Crippen LogP contribution is 2.41. The molecule has 0 unspecified atom stereocenters. The van der Waals surface area contributed by atoms with Crippen LogP contribution in [0.4, 0.5) is 24.8 Å². The van der Waals surface area contributed by atoms with Gasteiger partial charge in [0.1, 0.15) is 34.4 Å². The number of benzene rings is 1. The fourth-order valence-corrected chi connectivity index (χ4v) is 6.33. The molecule has 7 rings (SSSR count). The smallest absolute Gasteiger partial charge is 0.416 e. The summed E-state index contributed by atoms with van der Waals surface area (Å²) in [5, 5.41) is 2.46. The number of nitrogen functional groups attached to an aromatic ring is 1. The van der Waals surface area contributed by atoms with E-state index in [-0.39, 0.29) is 41.2 Å². The van der Waals surface area contributed by atoms with E-state index in [9.17, 15) is 22.8 Å². The number of anilines is 2. The molecule has 3 aliphatic rings. The number of carbonyl (C=O) groups excluding carboxylic acids is 2. The molecule has 0 bridgehead atoms. The zero-order valence-electron chi connectivity index (χ0n) is 23.7. The molecule has 2 atom stereocenters. The van der Waals surface area contributed by atoms with Gasteiger partial charge in [-0.1, -0.05) is 0 Å². The summed E-state index contributed by atoms with van der Waals surface area (Å²) in [6.45, 7) is 0.582. The van der Waals surface area contributed by atoms with Gasteiger partial charge in [-0.05, 0) is 68.9 Å². The van der Waals surface area contributed by atoms with Crippen LogP contribution in [0.15, 0.2) is 48.9 Å². The van der Waals surface area contributed by atoms with Gasteiger partial charge in [0, 0.05) is 54.6 Å². The van der Waals surface area contributed by atoms with E-state index in [0.717, 1.165) is 62.7 Å². The Morgan fingerprint density at radius 3 is 2.66 bits per heavy atom. The highest BCUT2D eigenvalue weighted by atomic mass is 19.4. The molecule has 4 aromatic rings. The zero-order valence-corrected chi connectivity index (χ0v) is 23.7. The molecule has 228 valence electrons. The van der Waals surface area contributed by atoms with Crippen LogP contribution in [0.5, 0.6) is 5.75 Å². The minimum absolute atomic E-state index is 0.00244. The molecule has 44 heavy (non-hydrogen) atoms. The predicted octanol–water partition coefficient (Wildman–Crippen LogP) is 5.44. The SMILES string of the molecule is Nc1nccn2c([C@@H]3CC[C@H]4CCC(=O)N4C3)nc(-c3ccc(C(=O)Nc4cc(C(F)(F)F)ccn4)cc3OC3CCC3)c12. The first-order valence-electron chi connectivity index (χ1n) is 14.7. The van der Waals surface area contributed by atoms with Gasteiger partial charge in [-0.3, -0.25) is 14.0 Å². The molecule has 3 N–H and O–H groups in total. The van der Waals surface area contributed by atoms with Crippen molar-refractivity contribution in [3.8, 4) is 17.0 Å². The van der Waals surface area contributed by atoms with Crippen molar-refractivity contribution < 1.29 is 27.5 Å². The van der Waals surface area contributed by atoms with Gasteiger partial charge in [0.25, 0.3) is 5.91 Å². The minimum atomic E-state index is -4.57. The summed E-state index contributed by atoms with van der Waals surface area (Å²) in [5.41, 5.74) is 7.43. The van der Waals surface area contributed by atoms with E-state index in [2.05, 4.69) is 15.3 Å². The normalized spacial score (nSPS) is 20.4. The average Bonchev–Trinajstić information content (AvgIpc) is 3.56. The number of carbonyl (C=O) groups is 2. The number of imidazole rings is 1. The lowest BCUT2D eigenvalue weighted by atomic mass is 9.92. The van der Waals surface area contributed by atoms with Crippen LogP contribution in [0.2, 0.25) is 0 Å². The molecule has 5 heterocycles. The van der Waals surface area contributed by atoms with E-state index in [0.29, 0.717) is 35.5 Å². The van der Waals surface area contributed by atoms with Gasteiger partial charge in [0.15, 0.2) is 0 Å². The molecule has 1 saturated carbocycles. The van der Waals surface area contributed by atoms with Crippen LogP contribution in [0, 0.1) is 0 Å². The Morgan fingerprint density at radius 1 is 1.05 bits per heavy atom. The average molecular weight is 606 g/mol. The number of pyridine rings is 1. The maximum absolute atomic E-state index is 13.2. The lowest BCUT2D eigenvalue weighted by molar-refractivity contribution is -0.137. The van der Waals surface area contributed by atoms with Gasteiger partial charge in [0.05, 0.1) is 11.7 Å². The molecule has 0 spiro atoms. The van der Waals surface area contributed by atoms with Gasteiger partial charge < -0.3 is 20.7 Å². The Morgan fingerprint density at radius 2 is 1.89 bits per heavy atom. The molecule has 3 aromatic heterocycles. The summed E-state index contributed by atoms with van der Waals surface area (Å²) in [5.74, 6) is 0.779. The maximum Gasteiger partial charge on any atom is 0.416 e. The summed E-state index contributed by atoms with van der Waals surface area (Å²) in [7, 11) is 0. The second kappa shape index (κ2) is 10.8. The number of alkyl halides is 3. The molecule has 1 aliphatic carbocycles. The van der Waals surface area contributed by atoms with Crippen LogP contribution in [0.1, 0.15) is 72.6 Å². The van der Waals surface area contributed by atoms with E-state index in [1.54, 1.807) is 24.4 Å². The lowest BCUT2D eigenvalue weighted by Gasteiger charge is -2.34. The van der Waals surface area contributed by atoms with Crippen LogP contribution in [-0.2, 0) is 11.0 Å². The first-order valence-corrected chi connectivity index (χ1v) is 14.7. The van der Waals surface area contributed by atoms with Crippen molar-refractivity contribution in [3.05, 3.63) is 65.9 Å². The monoisotopic (exact) mass is 605 g/mol. The summed E-state index contributed by atoms with van der Waals surface area (Å²) < 4.78 is 47.8. The Kier molecular flexibility index (Phi) is 6.90. The van der Waals surface area contributed by atoms with Crippen molar-refractivity contribution in [2.75, 3.05) is 17.6 Å². The topological polar surface area (TPSA) is 128 Å². The summed E-state index contributed by atoms with van der Waals surface area (Å²) in [6.07, 6.45) is 5.80. The first-order chi connectivity index (χ1) is 21.2. The van der Waals surface area contributed by atoms with Gasteiger partial charge in [-0.25, -0.2) is 15.0 Å². The Labute approximate surface area is 250 Å². The Bertz CT molecular complexity index is 1770. The molecule has 2 aliphatic heterocycles. The fraction of sp³-hybridized carbons (Fsp3) is 0.387. The number of hydrogen-bond donors (Lipinski definition) is 2. The summed E-state index contributed by atoms with van der Waals surface area (Å²) in [4.78, 5) is 40.9. The summed E-state index contributed by atoms with van der Waals surface area (Å²) in [6, 6.07) is 6.76. The number of nitrogens with one attached hydrogen (secondary N) is 1. The number of fused-ring (bicyclic) bond motifs is 2. The van der Waals surface area contributed by atoms with Crippen molar-refractivity contribution in [1.82, 2.24) is 24.3 Å². The highest BCUT2D eigenvalue weighted by molar-refractivity contribution is 6.04. The van der Waals surface area contributed by atoms with Gasteiger partial charge >= 0.3 is 6.18 Å². The van der Waals surface area contributed by atoms with E-state index in [1.165, 1.54) is 0 Å². The van der Waals surface area contributed by atoms with Gasteiger partial charge in [0.2, 0.25) is 5.91 Å². The van der Waals surface area contributed by atoms with Crippen molar-refractivity contribution in [3.63, 3.8) is 0 Å². The minimum Gasteiger partial charge on any atom is -0.490 e. The zero-order chi connectivity index (χ0) is 30.6. The van der Waals surface area contributed by atoms with Gasteiger partial charge in [-0.15, -0.1) is 0 Å². The molecule has 0 radical (unpaired) electrons. The third kappa shape index (κ3) is 5.09. The summed E-state index contributed by atoms with van der Waals surface area (Å²) >= 11 is 0. The van der Waals surface area contributed by atoms with Crippen molar-refractivity contribution >= 4 is 29.0 Å². The molecule has 13 heteroatoms. The molecule has 3 fully saturated rings. The van der Waals surface area contributed by atoms with Crippen LogP contribution in [-0.4, -0.2) is 54.8 Å². The van der Waals surface area contributed by atoms with E-state index in [1.807, 2.05) is 15.5 Å². The van der Waals surface area contributed by atoms with Crippen molar-refractivity contribution in [2.45, 2.75) is 69.2 Å². The van der Waals surface area contributed by atoms with Crippen LogP contribution < -0.4 is 15.8 Å². The molecular formula is C31H30F3N7O3. The molecule has 10 nitrogen and oxygen atoms in total. The number of hydrogen-bond acceptors (Lipinski definition) is 7. The maximum atomic E-state index is 13.2. The molecule has 1 aromatic carbocycles. The quantitative estimate of drug-likeness (QED) is 0.299. The van der Waals surface area contributed by atoms with E-state index >= 15 is 0 Å². The second-order valence-electron chi connectivity index (χ2n) is 11.6. The number of halogens is 3. The van der Waals surface area contributed by atoms with Crippen molar-refractivity contribution in [2.24, 2.45) is 0 Å². The number of aromatic nitrogens is 4. The number of ether oxygens (including phenoxy) is 1. The number of amides is 2. The number of nitrogens with two attached hydrogens (primary N) is 1. The van der Waals surface area contributed by atoms with Crippen LogP contribution in [0.25, 0.3) is 16.8 Å². The predicted molar refractivity (Wildman–Crippen MR) is 155 cm³/mol. The van der Waals surface area contributed by atoms with Gasteiger partial charge in [-0.2, -0.15) is 13.2 Å². The number of nitrogens with zero attached hydrogens (tertiary/aromatic N) is 5. The third-order valence-corrected chi connectivity index (χ3v) is 8.87. The molecular weight excluding hydrogens is 575 g/mol. The van der Waals surface area contributed by atoms with Crippen molar-refractivity contribution in [1.29, 1.82) is 0 Å². The standard InChI is InChI=1S/C31H30F3N7O3/c32-31(33,34)19-10-11-36-24(15-19)38-30(43)17-5-8-22(23(14-17)44-21-2-1-3-21)26-27-28(35)37-12-13-40(27)29(39-26)18-4-6-20-7-9-25(42)41(20)16-18/h5,8,10-15,18,20-21H,1-4,6-7,9,16H2,(H2,35,37)(H,36,38,43)/t18-,20+/m1/s1. The number of rotatable bonds is 6.